The van der Waals surface area contributed by atoms with E-state index in [1.807, 2.05) is 18.2 Å². The fourth-order valence-electron chi connectivity index (χ4n) is 2.40. The highest BCUT2D eigenvalue weighted by molar-refractivity contribution is 6.42. The Morgan fingerprint density at radius 1 is 1.24 bits per heavy atom. The van der Waals surface area contributed by atoms with Crippen LogP contribution in [0.4, 0.5) is 0 Å². The molecule has 0 saturated heterocycles. The fourth-order valence-corrected chi connectivity index (χ4v) is 2.74. The van der Waals surface area contributed by atoms with E-state index in [9.17, 15) is 4.79 Å². The van der Waals surface area contributed by atoms with Crippen molar-refractivity contribution in [3.8, 4) is 5.75 Å². The molecule has 5 heteroatoms. The maximum Gasteiger partial charge on any atom is 0.337 e. The molecule has 3 nitrogen and oxygen atoms in total. The Balaban J connectivity index is 1.89. The molecule has 1 aliphatic heterocycles. The minimum absolute atomic E-state index is 0.154. The van der Waals surface area contributed by atoms with Crippen LogP contribution in [0.5, 0.6) is 5.75 Å². The van der Waals surface area contributed by atoms with Crippen molar-refractivity contribution < 1.29 is 14.3 Å². The number of esters is 1. The third-order valence-electron chi connectivity index (χ3n) is 3.46. The van der Waals surface area contributed by atoms with E-state index in [0.717, 1.165) is 16.9 Å². The largest absolute Gasteiger partial charge is 0.485 e. The molecular weight excluding hydrogens is 311 g/mol. The Morgan fingerprint density at radius 3 is 2.76 bits per heavy atom. The minimum Gasteiger partial charge on any atom is -0.485 e. The van der Waals surface area contributed by atoms with Crippen molar-refractivity contribution in [2.24, 2.45) is 0 Å². The number of methoxy groups -OCH3 is 1. The van der Waals surface area contributed by atoms with E-state index in [1.54, 1.807) is 18.2 Å². The molecule has 21 heavy (non-hydrogen) atoms. The van der Waals surface area contributed by atoms with Gasteiger partial charge in [0, 0.05) is 12.5 Å². The van der Waals surface area contributed by atoms with Crippen molar-refractivity contribution >= 4 is 29.2 Å². The first kappa shape index (κ1) is 14.2. The summed E-state index contributed by atoms with van der Waals surface area (Å²) < 4.78 is 10.6. The van der Waals surface area contributed by atoms with Gasteiger partial charge in [0.1, 0.15) is 11.9 Å². The molecule has 1 heterocycles. The van der Waals surface area contributed by atoms with Crippen LogP contribution in [0.15, 0.2) is 36.4 Å². The summed E-state index contributed by atoms with van der Waals surface area (Å²) in [6, 6.07) is 10.8. The van der Waals surface area contributed by atoms with Crippen molar-refractivity contribution in [3.05, 3.63) is 63.1 Å². The monoisotopic (exact) mass is 322 g/mol. The fraction of sp³-hybridized carbons (Fsp3) is 0.188. The molecule has 0 aromatic heterocycles. The second-order valence-electron chi connectivity index (χ2n) is 4.80. The van der Waals surface area contributed by atoms with Crippen molar-refractivity contribution in [2.75, 3.05) is 7.11 Å². The summed E-state index contributed by atoms with van der Waals surface area (Å²) in [7, 11) is 1.36. The van der Waals surface area contributed by atoms with Crippen LogP contribution in [0, 0.1) is 0 Å². The Morgan fingerprint density at radius 2 is 2.00 bits per heavy atom. The van der Waals surface area contributed by atoms with Crippen LogP contribution in [0.3, 0.4) is 0 Å². The molecule has 1 unspecified atom stereocenters. The van der Waals surface area contributed by atoms with Gasteiger partial charge in [0.15, 0.2) is 0 Å². The van der Waals surface area contributed by atoms with Gasteiger partial charge in [0.25, 0.3) is 0 Å². The number of fused-ring (bicyclic) bond motifs is 1. The lowest BCUT2D eigenvalue weighted by atomic mass is 10.0. The van der Waals surface area contributed by atoms with E-state index >= 15 is 0 Å². The topological polar surface area (TPSA) is 35.5 Å². The number of hydrogen-bond donors (Lipinski definition) is 0. The van der Waals surface area contributed by atoms with Crippen molar-refractivity contribution in [3.63, 3.8) is 0 Å². The van der Waals surface area contributed by atoms with Gasteiger partial charge in [-0.2, -0.15) is 0 Å². The molecule has 0 radical (unpaired) electrons. The van der Waals surface area contributed by atoms with Gasteiger partial charge in [0.05, 0.1) is 22.7 Å². The van der Waals surface area contributed by atoms with Crippen LogP contribution in [0.2, 0.25) is 10.0 Å². The normalized spacial score (nSPS) is 16.2. The molecule has 0 spiro atoms. The Labute approximate surface area is 132 Å². The van der Waals surface area contributed by atoms with Crippen LogP contribution in [-0.4, -0.2) is 13.1 Å². The summed E-state index contributed by atoms with van der Waals surface area (Å²) in [6.07, 6.45) is 0.538. The van der Waals surface area contributed by atoms with Crippen LogP contribution in [0.25, 0.3) is 0 Å². The maximum absolute atomic E-state index is 11.6. The Hall–Kier alpha value is -1.71. The van der Waals surface area contributed by atoms with Crippen LogP contribution < -0.4 is 4.74 Å². The zero-order valence-corrected chi connectivity index (χ0v) is 12.7. The molecule has 0 aliphatic carbocycles. The first-order valence-electron chi connectivity index (χ1n) is 6.41. The van der Waals surface area contributed by atoms with Crippen molar-refractivity contribution in [2.45, 2.75) is 12.5 Å². The molecule has 2 aromatic rings. The first-order valence-corrected chi connectivity index (χ1v) is 7.17. The molecule has 1 atom stereocenters. The highest BCUT2D eigenvalue weighted by Crippen LogP contribution is 2.40. The van der Waals surface area contributed by atoms with Gasteiger partial charge in [-0.15, -0.1) is 0 Å². The minimum atomic E-state index is -0.363. The van der Waals surface area contributed by atoms with Gasteiger partial charge < -0.3 is 9.47 Å². The predicted molar refractivity (Wildman–Crippen MR) is 81.3 cm³/mol. The molecule has 2 aromatic carbocycles. The van der Waals surface area contributed by atoms with E-state index in [0.29, 0.717) is 22.0 Å². The van der Waals surface area contributed by atoms with Crippen LogP contribution in [-0.2, 0) is 11.2 Å². The summed E-state index contributed by atoms with van der Waals surface area (Å²) in [5.74, 6) is 0.372. The van der Waals surface area contributed by atoms with Gasteiger partial charge in [-0.3, -0.25) is 0 Å². The number of halogens is 2. The number of ether oxygens (including phenoxy) is 2. The zero-order chi connectivity index (χ0) is 15.0. The highest BCUT2D eigenvalue weighted by Gasteiger charge is 2.26. The average molecular weight is 323 g/mol. The van der Waals surface area contributed by atoms with E-state index in [1.165, 1.54) is 7.11 Å². The lowest BCUT2D eigenvalue weighted by molar-refractivity contribution is 0.0600. The van der Waals surface area contributed by atoms with Gasteiger partial charge in [-0.05, 0) is 29.3 Å². The van der Waals surface area contributed by atoms with E-state index < -0.39 is 0 Å². The third kappa shape index (κ3) is 2.71. The maximum atomic E-state index is 11.6. The first-order chi connectivity index (χ1) is 10.1. The predicted octanol–water partition coefficient (Wildman–Crippen LogP) is 4.46. The number of carbonyl (C=O) groups excluding carboxylic acids is 1. The summed E-state index contributed by atoms with van der Waals surface area (Å²) in [5, 5.41) is 0.988. The molecular formula is C16H12Cl2O3. The third-order valence-corrected chi connectivity index (χ3v) is 4.18. The van der Waals surface area contributed by atoms with Gasteiger partial charge in [0.2, 0.25) is 0 Å². The molecule has 0 amide bonds. The van der Waals surface area contributed by atoms with Gasteiger partial charge >= 0.3 is 5.97 Å². The average Bonchev–Trinajstić information content (AvgIpc) is 2.90. The second-order valence-corrected chi connectivity index (χ2v) is 5.62. The SMILES string of the molecule is COC(=O)c1cccc(C2Cc3cc(Cl)c(Cl)cc3O2)c1. The van der Waals surface area contributed by atoms with Gasteiger partial charge in [-0.25, -0.2) is 4.79 Å². The standard InChI is InChI=1S/C16H12Cl2O3/c1-20-16(19)10-4-2-3-9(5-10)14-7-11-6-12(17)13(18)8-15(11)21-14/h2-6,8,14H,7H2,1H3. The summed E-state index contributed by atoms with van der Waals surface area (Å²) >= 11 is 12.0. The molecule has 0 saturated carbocycles. The van der Waals surface area contributed by atoms with Gasteiger partial charge in [-0.1, -0.05) is 35.3 Å². The quantitative estimate of drug-likeness (QED) is 0.766. The lowest BCUT2D eigenvalue weighted by Crippen LogP contribution is -2.06. The number of rotatable bonds is 2. The van der Waals surface area contributed by atoms with Crippen LogP contribution >= 0.6 is 23.2 Å². The summed E-state index contributed by atoms with van der Waals surface area (Å²) in [5.41, 5.74) is 2.44. The number of carbonyl (C=O) groups is 1. The lowest BCUT2D eigenvalue weighted by Gasteiger charge is -2.12. The molecule has 1 aliphatic rings. The molecule has 108 valence electrons. The smallest absolute Gasteiger partial charge is 0.337 e. The van der Waals surface area contributed by atoms with E-state index in [-0.39, 0.29) is 12.1 Å². The second kappa shape index (κ2) is 5.58. The summed E-state index contributed by atoms with van der Waals surface area (Å²) in [6.45, 7) is 0. The number of hydrogen-bond acceptors (Lipinski definition) is 3. The van der Waals surface area contributed by atoms with E-state index in [4.69, 9.17) is 32.7 Å². The Kier molecular flexibility index (Phi) is 3.79. The molecule has 0 fully saturated rings. The zero-order valence-electron chi connectivity index (χ0n) is 11.2. The molecule has 0 bridgehead atoms. The number of benzene rings is 2. The Bertz CT molecular complexity index is 682. The molecule has 0 N–H and O–H groups in total. The summed E-state index contributed by atoms with van der Waals surface area (Å²) in [4.78, 5) is 11.6. The van der Waals surface area contributed by atoms with Crippen molar-refractivity contribution in [1.82, 2.24) is 0 Å². The van der Waals surface area contributed by atoms with Crippen LogP contribution in [0.1, 0.15) is 27.6 Å². The van der Waals surface area contributed by atoms with Crippen molar-refractivity contribution in [1.29, 1.82) is 0 Å². The highest BCUT2D eigenvalue weighted by atomic mass is 35.5. The van der Waals surface area contributed by atoms with E-state index in [2.05, 4.69) is 0 Å². The molecule has 3 rings (SSSR count).